The average Bonchev–Trinajstić information content (AvgIpc) is 2.87. The van der Waals surface area contributed by atoms with Crippen LogP contribution in [0.1, 0.15) is 34.3 Å². The molecule has 0 aliphatic carbocycles. The van der Waals surface area contributed by atoms with Crippen molar-refractivity contribution in [1.82, 2.24) is 9.62 Å². The molecule has 3 aromatic rings. The number of nitrogens with one attached hydrogen (secondary N) is 1. The number of nitrogens with zero attached hydrogens (tertiary/aromatic N) is 1. The number of amides is 1. The van der Waals surface area contributed by atoms with E-state index < -0.39 is 10.0 Å². The summed E-state index contributed by atoms with van der Waals surface area (Å²) in [4.78, 5) is 14.9. The molecule has 0 atom stereocenters. The van der Waals surface area contributed by atoms with Crippen LogP contribution in [-0.4, -0.2) is 38.4 Å². The van der Waals surface area contributed by atoms with Crippen LogP contribution in [0.2, 0.25) is 0 Å². The lowest BCUT2D eigenvalue weighted by atomic mass is 10.1. The Labute approximate surface area is 195 Å². The Morgan fingerprint density at radius 3 is 2.18 bits per heavy atom. The molecule has 1 aliphatic rings. The van der Waals surface area contributed by atoms with Gasteiger partial charge >= 0.3 is 0 Å². The number of carbonyl (C=O) groups is 1. The van der Waals surface area contributed by atoms with Gasteiger partial charge in [0.05, 0.1) is 17.6 Å². The molecule has 6 nitrogen and oxygen atoms in total. The smallest absolute Gasteiger partial charge is 0.253 e. The summed E-state index contributed by atoms with van der Waals surface area (Å²) in [5, 5.41) is 0. The Morgan fingerprint density at radius 1 is 0.879 bits per heavy atom. The van der Waals surface area contributed by atoms with Crippen molar-refractivity contribution in [3.05, 3.63) is 102 Å². The monoisotopic (exact) mass is 464 g/mol. The van der Waals surface area contributed by atoms with E-state index in [2.05, 4.69) is 4.72 Å². The van der Waals surface area contributed by atoms with Crippen LogP contribution < -0.4 is 4.72 Å². The fraction of sp³-hybridized carbons (Fsp3) is 0.269. The topological polar surface area (TPSA) is 75.7 Å². The first kappa shape index (κ1) is 23.2. The predicted molar refractivity (Wildman–Crippen MR) is 127 cm³/mol. The van der Waals surface area contributed by atoms with Crippen LogP contribution >= 0.6 is 0 Å². The Balaban J connectivity index is 1.33. The first-order valence-corrected chi connectivity index (χ1v) is 12.6. The number of piperidine rings is 1. The van der Waals surface area contributed by atoms with E-state index in [1.54, 1.807) is 17.0 Å². The molecule has 1 amide bonds. The van der Waals surface area contributed by atoms with Crippen LogP contribution in [0.25, 0.3) is 0 Å². The highest BCUT2D eigenvalue weighted by molar-refractivity contribution is 7.89. The van der Waals surface area contributed by atoms with E-state index in [0.717, 1.165) is 24.0 Å². The van der Waals surface area contributed by atoms with Gasteiger partial charge in [-0.25, -0.2) is 13.1 Å². The second-order valence-electron chi connectivity index (χ2n) is 8.13. The van der Waals surface area contributed by atoms with E-state index in [0.29, 0.717) is 25.3 Å². The van der Waals surface area contributed by atoms with Gasteiger partial charge in [0.15, 0.2) is 0 Å². The third kappa shape index (κ3) is 6.28. The summed E-state index contributed by atoms with van der Waals surface area (Å²) in [5.41, 5.74) is 2.38. The fourth-order valence-corrected chi connectivity index (χ4v) is 4.91. The van der Waals surface area contributed by atoms with E-state index in [-0.39, 0.29) is 23.5 Å². The Morgan fingerprint density at radius 2 is 1.52 bits per heavy atom. The number of hydrogen-bond acceptors (Lipinski definition) is 4. The molecule has 1 saturated heterocycles. The zero-order valence-corrected chi connectivity index (χ0v) is 19.2. The second kappa shape index (κ2) is 10.7. The quantitative estimate of drug-likeness (QED) is 0.547. The molecule has 172 valence electrons. The van der Waals surface area contributed by atoms with Gasteiger partial charge in [0.2, 0.25) is 10.0 Å². The van der Waals surface area contributed by atoms with Gasteiger partial charge in [-0.15, -0.1) is 0 Å². The number of rotatable bonds is 8. The largest absolute Gasteiger partial charge is 0.373 e. The van der Waals surface area contributed by atoms with Gasteiger partial charge in [-0.2, -0.15) is 0 Å². The van der Waals surface area contributed by atoms with Gasteiger partial charge in [-0.05, 0) is 42.2 Å². The van der Waals surface area contributed by atoms with Gasteiger partial charge in [-0.3, -0.25) is 4.79 Å². The van der Waals surface area contributed by atoms with Gasteiger partial charge in [-0.1, -0.05) is 66.7 Å². The molecule has 0 aromatic heterocycles. The van der Waals surface area contributed by atoms with Gasteiger partial charge in [0, 0.05) is 25.2 Å². The second-order valence-corrected chi connectivity index (χ2v) is 9.89. The summed E-state index contributed by atoms with van der Waals surface area (Å²) in [5.74, 6) is -0.156. The maximum atomic E-state index is 13.0. The van der Waals surface area contributed by atoms with E-state index in [9.17, 15) is 13.2 Å². The Bertz CT molecular complexity index is 1160. The maximum Gasteiger partial charge on any atom is 0.253 e. The summed E-state index contributed by atoms with van der Waals surface area (Å²) in [7, 11) is -3.73. The normalized spacial score (nSPS) is 14.8. The molecule has 0 saturated carbocycles. The van der Waals surface area contributed by atoms with E-state index in [4.69, 9.17) is 4.74 Å². The van der Waals surface area contributed by atoms with Crippen molar-refractivity contribution < 1.29 is 17.9 Å². The molecule has 7 heteroatoms. The zero-order chi connectivity index (χ0) is 23.1. The van der Waals surface area contributed by atoms with Gasteiger partial charge in [0.25, 0.3) is 5.91 Å². The van der Waals surface area contributed by atoms with Gasteiger partial charge in [0.1, 0.15) is 0 Å². The molecule has 1 N–H and O–H groups in total. The minimum atomic E-state index is -3.73. The van der Waals surface area contributed by atoms with Crippen LogP contribution in [0.4, 0.5) is 0 Å². The highest BCUT2D eigenvalue weighted by Crippen LogP contribution is 2.19. The molecule has 0 unspecified atom stereocenters. The van der Waals surface area contributed by atoms with Crippen molar-refractivity contribution in [1.29, 1.82) is 0 Å². The van der Waals surface area contributed by atoms with Crippen LogP contribution in [0.15, 0.2) is 89.8 Å². The van der Waals surface area contributed by atoms with Crippen molar-refractivity contribution in [2.45, 2.75) is 37.0 Å². The lowest BCUT2D eigenvalue weighted by Gasteiger charge is -2.32. The molecule has 0 bridgehead atoms. The van der Waals surface area contributed by atoms with Crippen molar-refractivity contribution in [2.75, 3.05) is 13.1 Å². The first-order valence-electron chi connectivity index (χ1n) is 11.1. The number of sulfonamides is 1. The first-order chi connectivity index (χ1) is 16.0. The van der Waals surface area contributed by atoms with E-state index >= 15 is 0 Å². The summed E-state index contributed by atoms with van der Waals surface area (Å²) in [6, 6.07) is 25.6. The van der Waals surface area contributed by atoms with Crippen molar-refractivity contribution in [2.24, 2.45) is 0 Å². The molecule has 1 heterocycles. The van der Waals surface area contributed by atoms with E-state index in [1.165, 1.54) is 12.1 Å². The minimum Gasteiger partial charge on any atom is -0.373 e. The number of likely N-dealkylation sites (tertiary alicyclic amines) is 1. The third-order valence-corrected chi connectivity index (χ3v) is 7.16. The van der Waals surface area contributed by atoms with Crippen molar-refractivity contribution >= 4 is 15.9 Å². The SMILES string of the molecule is O=C(c1cccc(S(=O)(=O)NCc2ccccc2)c1)N1CCC(OCc2ccccc2)CC1. The molecule has 33 heavy (non-hydrogen) atoms. The number of benzene rings is 3. The molecular formula is C26H28N2O4S. The minimum absolute atomic E-state index is 0.0883. The number of ether oxygens (including phenoxy) is 1. The molecule has 0 spiro atoms. The van der Waals surface area contributed by atoms with Crippen LogP contribution in [0, 0.1) is 0 Å². The highest BCUT2D eigenvalue weighted by Gasteiger charge is 2.25. The van der Waals surface area contributed by atoms with Crippen LogP contribution in [-0.2, 0) is 27.9 Å². The van der Waals surface area contributed by atoms with Crippen molar-refractivity contribution in [3.63, 3.8) is 0 Å². The number of hydrogen-bond donors (Lipinski definition) is 1. The van der Waals surface area contributed by atoms with Crippen molar-refractivity contribution in [3.8, 4) is 0 Å². The average molecular weight is 465 g/mol. The lowest BCUT2D eigenvalue weighted by Crippen LogP contribution is -2.40. The molecule has 0 radical (unpaired) electrons. The Kier molecular flexibility index (Phi) is 7.54. The van der Waals surface area contributed by atoms with Gasteiger partial charge < -0.3 is 9.64 Å². The lowest BCUT2D eigenvalue weighted by molar-refractivity contribution is -0.000385. The summed E-state index contributed by atoms with van der Waals surface area (Å²) in [6.45, 7) is 1.93. The Hall–Kier alpha value is -3.00. The van der Waals surface area contributed by atoms with Crippen LogP contribution in [0.5, 0.6) is 0 Å². The molecular weight excluding hydrogens is 436 g/mol. The molecule has 1 aliphatic heterocycles. The summed E-state index contributed by atoms with van der Waals surface area (Å²) in [6.07, 6.45) is 1.63. The third-order valence-electron chi connectivity index (χ3n) is 5.76. The fourth-order valence-electron chi connectivity index (χ4n) is 3.85. The summed E-state index contributed by atoms with van der Waals surface area (Å²) >= 11 is 0. The maximum absolute atomic E-state index is 13.0. The molecule has 4 rings (SSSR count). The zero-order valence-electron chi connectivity index (χ0n) is 18.4. The van der Waals surface area contributed by atoms with E-state index in [1.807, 2.05) is 60.7 Å². The highest BCUT2D eigenvalue weighted by atomic mass is 32.2. The molecule has 1 fully saturated rings. The predicted octanol–water partition coefficient (Wildman–Crippen LogP) is 3.99. The summed E-state index contributed by atoms with van der Waals surface area (Å²) < 4.78 is 34.1. The molecule has 3 aromatic carbocycles. The number of carbonyl (C=O) groups excluding carboxylic acids is 1. The standard InChI is InChI=1S/C26H28N2O4S/c29-26(28-16-14-24(15-17-28)32-20-22-10-5-2-6-11-22)23-12-7-13-25(18-23)33(30,31)27-19-21-8-3-1-4-9-21/h1-13,18,24,27H,14-17,19-20H2. The van der Waals surface area contributed by atoms with Crippen LogP contribution in [0.3, 0.4) is 0 Å².